The van der Waals surface area contributed by atoms with E-state index in [9.17, 15) is 8.42 Å². The first kappa shape index (κ1) is 16.9. The minimum absolute atomic E-state index is 0.0908. The Hall–Kier alpha value is -0.170. The Balaban J connectivity index is 2.59. The van der Waals surface area contributed by atoms with Gasteiger partial charge in [0.05, 0.1) is 6.10 Å². The molecule has 114 valence electrons. The van der Waals surface area contributed by atoms with Gasteiger partial charge in [-0.15, -0.1) is 0 Å². The summed E-state index contributed by atoms with van der Waals surface area (Å²) in [5.74, 6) is 0.436. The van der Waals surface area contributed by atoms with Crippen LogP contribution in [-0.4, -0.2) is 45.6 Å². The van der Waals surface area contributed by atoms with Gasteiger partial charge in [-0.1, -0.05) is 27.7 Å². The van der Waals surface area contributed by atoms with Gasteiger partial charge in [-0.05, 0) is 24.2 Å². The van der Waals surface area contributed by atoms with E-state index in [1.54, 1.807) is 11.4 Å². The lowest BCUT2D eigenvalue weighted by Crippen LogP contribution is -2.49. The number of hydrogen-bond acceptors (Lipinski definition) is 3. The zero-order valence-electron chi connectivity index (χ0n) is 12.8. The van der Waals surface area contributed by atoms with Crippen molar-refractivity contribution < 1.29 is 13.2 Å². The fourth-order valence-electron chi connectivity index (χ4n) is 2.38. The molecule has 6 heteroatoms. The predicted octanol–water partition coefficient (Wildman–Crippen LogP) is 1.61. The van der Waals surface area contributed by atoms with E-state index >= 15 is 0 Å². The zero-order valence-corrected chi connectivity index (χ0v) is 13.6. The molecule has 1 fully saturated rings. The van der Waals surface area contributed by atoms with Crippen LogP contribution in [0.2, 0.25) is 0 Å². The lowest BCUT2D eigenvalue weighted by atomic mass is 9.89. The molecule has 0 aromatic heterocycles. The zero-order chi connectivity index (χ0) is 14.7. The van der Waals surface area contributed by atoms with Crippen LogP contribution in [0.3, 0.4) is 0 Å². The largest absolute Gasteiger partial charge is 0.380 e. The Morgan fingerprint density at radius 3 is 2.53 bits per heavy atom. The molecule has 1 N–H and O–H groups in total. The Morgan fingerprint density at radius 2 is 2.05 bits per heavy atom. The van der Waals surface area contributed by atoms with Gasteiger partial charge in [0.1, 0.15) is 0 Å². The quantitative estimate of drug-likeness (QED) is 0.837. The SMILES string of the molecule is CO[C@@H](CNS(=O)(=O)N1CCC[C@H](C)C1)C(C)(C)C. The van der Waals surface area contributed by atoms with Crippen molar-refractivity contribution in [3.63, 3.8) is 0 Å². The van der Waals surface area contributed by atoms with Gasteiger partial charge in [0, 0.05) is 26.7 Å². The van der Waals surface area contributed by atoms with Crippen molar-refractivity contribution in [3.8, 4) is 0 Å². The molecule has 0 aliphatic carbocycles. The van der Waals surface area contributed by atoms with Crippen molar-refractivity contribution >= 4 is 10.2 Å². The summed E-state index contributed by atoms with van der Waals surface area (Å²) in [5, 5.41) is 0. The molecule has 0 aromatic rings. The van der Waals surface area contributed by atoms with Gasteiger partial charge in [0.15, 0.2) is 0 Å². The molecule has 0 saturated carbocycles. The monoisotopic (exact) mass is 292 g/mol. The first-order chi connectivity index (χ1) is 8.66. The molecule has 1 saturated heterocycles. The molecule has 1 aliphatic rings. The molecule has 1 heterocycles. The summed E-state index contributed by atoms with van der Waals surface area (Å²) in [5.41, 5.74) is -0.0908. The molecule has 0 amide bonds. The molecular weight excluding hydrogens is 264 g/mol. The Morgan fingerprint density at radius 1 is 1.42 bits per heavy atom. The summed E-state index contributed by atoms with van der Waals surface area (Å²) in [6.07, 6.45) is 1.91. The highest BCUT2D eigenvalue weighted by molar-refractivity contribution is 7.87. The number of methoxy groups -OCH3 is 1. The minimum Gasteiger partial charge on any atom is -0.380 e. The molecule has 2 atom stereocenters. The summed E-state index contributed by atoms with van der Waals surface area (Å²) in [6.45, 7) is 9.76. The van der Waals surface area contributed by atoms with Gasteiger partial charge in [-0.2, -0.15) is 17.4 Å². The fraction of sp³-hybridized carbons (Fsp3) is 1.00. The van der Waals surface area contributed by atoms with Crippen LogP contribution in [0.15, 0.2) is 0 Å². The van der Waals surface area contributed by atoms with Crippen LogP contribution in [0.25, 0.3) is 0 Å². The first-order valence-corrected chi connectivity index (χ1v) is 8.38. The molecule has 0 unspecified atom stereocenters. The molecule has 1 rings (SSSR count). The standard InChI is InChI=1S/C13H28N2O3S/c1-11-7-6-8-15(10-11)19(16,17)14-9-12(18-5)13(2,3)4/h11-12,14H,6-10H2,1-5H3/t11-,12-/m0/s1. The second kappa shape index (κ2) is 6.52. The number of piperidine rings is 1. The number of hydrogen-bond donors (Lipinski definition) is 1. The third-order valence-corrected chi connectivity index (χ3v) is 5.20. The van der Waals surface area contributed by atoms with Crippen molar-refractivity contribution in [2.45, 2.75) is 46.6 Å². The summed E-state index contributed by atoms with van der Waals surface area (Å²) < 4.78 is 34.1. The maximum atomic E-state index is 12.2. The third kappa shape index (κ3) is 5.02. The number of nitrogens with zero attached hydrogens (tertiary/aromatic N) is 1. The summed E-state index contributed by atoms with van der Waals surface area (Å²) in [7, 11) is -1.76. The van der Waals surface area contributed by atoms with Crippen LogP contribution in [0.1, 0.15) is 40.5 Å². The second-order valence-corrected chi connectivity index (χ2v) is 8.30. The maximum Gasteiger partial charge on any atom is 0.279 e. The van der Waals surface area contributed by atoms with Gasteiger partial charge < -0.3 is 4.74 Å². The summed E-state index contributed by atoms with van der Waals surface area (Å²) in [4.78, 5) is 0. The lowest BCUT2D eigenvalue weighted by molar-refractivity contribution is 0.0209. The summed E-state index contributed by atoms with van der Waals surface area (Å²) >= 11 is 0. The van der Waals surface area contributed by atoms with E-state index < -0.39 is 10.2 Å². The van der Waals surface area contributed by atoms with Gasteiger partial charge in [-0.25, -0.2) is 0 Å². The summed E-state index contributed by atoms with van der Waals surface area (Å²) in [6, 6.07) is 0. The minimum atomic E-state index is -3.38. The molecule has 0 bridgehead atoms. The smallest absolute Gasteiger partial charge is 0.279 e. The van der Waals surface area contributed by atoms with Crippen LogP contribution in [0.4, 0.5) is 0 Å². The molecule has 5 nitrogen and oxygen atoms in total. The Bertz CT molecular complexity index is 376. The molecule has 0 aromatic carbocycles. The Labute approximate surface area is 117 Å². The van der Waals surface area contributed by atoms with E-state index in [2.05, 4.69) is 11.6 Å². The maximum absolute atomic E-state index is 12.2. The van der Waals surface area contributed by atoms with Crippen molar-refractivity contribution in [1.82, 2.24) is 9.03 Å². The van der Waals surface area contributed by atoms with Gasteiger partial charge >= 0.3 is 0 Å². The van der Waals surface area contributed by atoms with E-state index in [-0.39, 0.29) is 11.5 Å². The van der Waals surface area contributed by atoms with Gasteiger partial charge in [0.2, 0.25) is 0 Å². The Kier molecular flexibility index (Phi) is 5.79. The van der Waals surface area contributed by atoms with Crippen molar-refractivity contribution in [2.75, 3.05) is 26.7 Å². The molecular formula is C13H28N2O3S. The molecule has 19 heavy (non-hydrogen) atoms. The third-order valence-electron chi connectivity index (χ3n) is 3.66. The highest BCUT2D eigenvalue weighted by Gasteiger charge is 2.30. The van der Waals surface area contributed by atoms with E-state index in [1.807, 2.05) is 20.8 Å². The average molecular weight is 292 g/mol. The van der Waals surface area contributed by atoms with Gasteiger partial charge in [-0.3, -0.25) is 0 Å². The number of ether oxygens (including phenoxy) is 1. The first-order valence-electron chi connectivity index (χ1n) is 6.94. The van der Waals surface area contributed by atoms with E-state index in [0.29, 0.717) is 25.6 Å². The second-order valence-electron chi connectivity index (χ2n) is 6.55. The van der Waals surface area contributed by atoms with E-state index in [0.717, 1.165) is 12.8 Å². The van der Waals surface area contributed by atoms with Crippen LogP contribution >= 0.6 is 0 Å². The number of nitrogens with one attached hydrogen (secondary N) is 1. The molecule has 0 spiro atoms. The van der Waals surface area contributed by atoms with Crippen LogP contribution in [-0.2, 0) is 14.9 Å². The van der Waals surface area contributed by atoms with Crippen LogP contribution in [0, 0.1) is 11.3 Å². The van der Waals surface area contributed by atoms with Crippen LogP contribution < -0.4 is 4.72 Å². The molecule has 1 aliphatic heterocycles. The highest BCUT2D eigenvalue weighted by atomic mass is 32.2. The fourth-order valence-corrected chi connectivity index (χ4v) is 3.74. The van der Waals surface area contributed by atoms with E-state index in [1.165, 1.54) is 0 Å². The molecule has 0 radical (unpaired) electrons. The highest BCUT2D eigenvalue weighted by Crippen LogP contribution is 2.22. The lowest BCUT2D eigenvalue weighted by Gasteiger charge is -2.33. The van der Waals surface area contributed by atoms with E-state index in [4.69, 9.17) is 4.74 Å². The number of rotatable bonds is 5. The van der Waals surface area contributed by atoms with Crippen LogP contribution in [0.5, 0.6) is 0 Å². The van der Waals surface area contributed by atoms with Crippen molar-refractivity contribution in [1.29, 1.82) is 0 Å². The van der Waals surface area contributed by atoms with Crippen molar-refractivity contribution in [3.05, 3.63) is 0 Å². The van der Waals surface area contributed by atoms with Gasteiger partial charge in [0.25, 0.3) is 10.2 Å². The average Bonchev–Trinajstić information content (AvgIpc) is 2.27. The van der Waals surface area contributed by atoms with Crippen molar-refractivity contribution in [2.24, 2.45) is 11.3 Å². The normalized spacial score (nSPS) is 24.4. The predicted molar refractivity (Wildman–Crippen MR) is 77.1 cm³/mol. The topological polar surface area (TPSA) is 58.6 Å².